The number of nitrogens with one attached hydrogen (secondary N) is 2. The Morgan fingerprint density at radius 2 is 1.85 bits per heavy atom. The van der Waals surface area contributed by atoms with Crippen LogP contribution >= 0.6 is 11.3 Å². The quantitative estimate of drug-likeness (QED) is 0.497. The summed E-state index contributed by atoms with van der Waals surface area (Å²) in [5.41, 5.74) is 4.54. The highest BCUT2D eigenvalue weighted by molar-refractivity contribution is 7.91. The Morgan fingerprint density at radius 1 is 1.19 bits per heavy atom. The number of benzene rings is 1. The standard InChI is InChI=1S/C16H17FN2O5S2/c1-10(9-26(23,24)13-4-2-12(17)3-5-13)14(20)16(22)19-18-15(21)11-6-7-25-8-11/h2-8,10,14,20H,9H2,1H3,(H,18,21)(H,19,22)/t10?,14-/m0/s1. The van der Waals surface area contributed by atoms with Gasteiger partial charge >= 0.3 is 0 Å². The van der Waals surface area contributed by atoms with Gasteiger partial charge in [0, 0.05) is 11.3 Å². The molecule has 2 atom stereocenters. The van der Waals surface area contributed by atoms with Gasteiger partial charge in [-0.2, -0.15) is 11.3 Å². The minimum absolute atomic E-state index is 0.107. The minimum atomic E-state index is -3.81. The van der Waals surface area contributed by atoms with E-state index in [0.717, 1.165) is 24.3 Å². The van der Waals surface area contributed by atoms with Crippen LogP contribution in [0.3, 0.4) is 0 Å². The zero-order chi connectivity index (χ0) is 19.3. The van der Waals surface area contributed by atoms with Crippen LogP contribution in [0.15, 0.2) is 46.0 Å². The van der Waals surface area contributed by atoms with Crippen LogP contribution in [0.2, 0.25) is 0 Å². The lowest BCUT2D eigenvalue weighted by Crippen LogP contribution is -2.48. The van der Waals surface area contributed by atoms with Gasteiger partial charge in [0.15, 0.2) is 9.84 Å². The van der Waals surface area contributed by atoms with Crippen LogP contribution in [0.1, 0.15) is 17.3 Å². The summed E-state index contributed by atoms with van der Waals surface area (Å²) in [5.74, 6) is -3.54. The molecule has 0 saturated heterocycles. The van der Waals surface area contributed by atoms with Crippen LogP contribution in [-0.2, 0) is 14.6 Å². The molecule has 0 aliphatic heterocycles. The van der Waals surface area contributed by atoms with Crippen molar-refractivity contribution in [1.29, 1.82) is 0 Å². The van der Waals surface area contributed by atoms with E-state index in [9.17, 15) is 27.5 Å². The lowest BCUT2D eigenvalue weighted by Gasteiger charge is -2.18. The van der Waals surface area contributed by atoms with Crippen molar-refractivity contribution in [2.75, 3.05) is 5.75 Å². The Kier molecular flexibility index (Phi) is 6.46. The Bertz CT molecular complexity index is 867. The van der Waals surface area contributed by atoms with Gasteiger partial charge in [-0.15, -0.1) is 0 Å². The van der Waals surface area contributed by atoms with Crippen LogP contribution in [0.25, 0.3) is 0 Å². The smallest absolute Gasteiger partial charge is 0.270 e. The molecule has 0 bridgehead atoms. The van der Waals surface area contributed by atoms with E-state index in [-0.39, 0.29) is 4.90 Å². The van der Waals surface area contributed by atoms with Crippen molar-refractivity contribution in [3.05, 3.63) is 52.5 Å². The monoisotopic (exact) mass is 400 g/mol. The first-order valence-electron chi connectivity index (χ1n) is 7.49. The second-order valence-electron chi connectivity index (χ2n) is 5.61. The van der Waals surface area contributed by atoms with Crippen molar-refractivity contribution in [3.63, 3.8) is 0 Å². The summed E-state index contributed by atoms with van der Waals surface area (Å²) in [7, 11) is -3.81. The number of thiophene rings is 1. The van der Waals surface area contributed by atoms with Gasteiger partial charge in [-0.05, 0) is 35.7 Å². The minimum Gasteiger partial charge on any atom is -0.383 e. The summed E-state index contributed by atoms with van der Waals surface area (Å²) < 4.78 is 37.4. The Morgan fingerprint density at radius 3 is 2.42 bits per heavy atom. The molecule has 0 spiro atoms. The van der Waals surface area contributed by atoms with Gasteiger partial charge in [0.1, 0.15) is 11.9 Å². The summed E-state index contributed by atoms with van der Waals surface area (Å²) in [4.78, 5) is 23.5. The second-order valence-corrected chi connectivity index (χ2v) is 8.43. The van der Waals surface area contributed by atoms with E-state index in [0.29, 0.717) is 5.56 Å². The van der Waals surface area contributed by atoms with Gasteiger partial charge < -0.3 is 5.11 Å². The maximum atomic E-state index is 12.9. The zero-order valence-electron chi connectivity index (χ0n) is 13.7. The average Bonchev–Trinajstić information content (AvgIpc) is 3.13. The van der Waals surface area contributed by atoms with Crippen molar-refractivity contribution >= 4 is 33.0 Å². The first kappa shape index (κ1) is 20.0. The number of hydrogen-bond donors (Lipinski definition) is 3. The molecular formula is C16H17FN2O5S2. The van der Waals surface area contributed by atoms with Crippen LogP contribution < -0.4 is 10.9 Å². The average molecular weight is 400 g/mol. The zero-order valence-corrected chi connectivity index (χ0v) is 15.3. The fourth-order valence-corrected chi connectivity index (χ4v) is 4.35. The number of hydrazine groups is 1. The molecule has 140 valence electrons. The highest BCUT2D eigenvalue weighted by atomic mass is 32.2. The number of amides is 2. The molecular weight excluding hydrogens is 383 g/mol. The van der Waals surface area contributed by atoms with Gasteiger partial charge in [-0.3, -0.25) is 20.4 Å². The van der Waals surface area contributed by atoms with E-state index in [1.807, 2.05) is 0 Å². The fraction of sp³-hybridized carbons (Fsp3) is 0.250. The summed E-state index contributed by atoms with van der Waals surface area (Å²) in [5, 5.41) is 13.3. The first-order chi connectivity index (χ1) is 12.2. The number of aliphatic hydroxyl groups excluding tert-OH is 1. The molecule has 1 unspecified atom stereocenters. The van der Waals surface area contributed by atoms with E-state index in [2.05, 4.69) is 10.9 Å². The number of carbonyl (C=O) groups is 2. The Labute approximate surface area is 153 Å². The molecule has 26 heavy (non-hydrogen) atoms. The Balaban J connectivity index is 1.93. The van der Waals surface area contributed by atoms with Crippen LogP contribution in [0, 0.1) is 11.7 Å². The largest absolute Gasteiger partial charge is 0.383 e. The van der Waals surface area contributed by atoms with Crippen molar-refractivity contribution in [2.45, 2.75) is 17.9 Å². The van der Waals surface area contributed by atoms with Crippen LogP contribution in [-0.4, -0.2) is 37.2 Å². The summed E-state index contributed by atoms with van der Waals surface area (Å²) >= 11 is 1.31. The molecule has 1 aromatic carbocycles. The Hall–Kier alpha value is -2.30. The van der Waals surface area contributed by atoms with Gasteiger partial charge in [0.2, 0.25) is 0 Å². The van der Waals surface area contributed by atoms with Crippen molar-refractivity contribution in [1.82, 2.24) is 10.9 Å². The molecule has 2 amide bonds. The van der Waals surface area contributed by atoms with Crippen LogP contribution in [0.4, 0.5) is 4.39 Å². The fourth-order valence-electron chi connectivity index (χ4n) is 2.09. The number of hydrogen-bond acceptors (Lipinski definition) is 6. The molecule has 2 aromatic rings. The highest BCUT2D eigenvalue weighted by Gasteiger charge is 2.28. The lowest BCUT2D eigenvalue weighted by molar-refractivity contribution is -0.132. The first-order valence-corrected chi connectivity index (χ1v) is 10.1. The van der Waals surface area contributed by atoms with Crippen molar-refractivity contribution in [2.24, 2.45) is 5.92 Å². The SMILES string of the molecule is CC(CS(=O)(=O)c1ccc(F)cc1)[C@H](O)C(=O)NNC(=O)c1ccsc1. The van der Waals surface area contributed by atoms with Gasteiger partial charge in [0.05, 0.1) is 16.2 Å². The maximum Gasteiger partial charge on any atom is 0.270 e. The van der Waals surface area contributed by atoms with E-state index < -0.39 is 45.2 Å². The van der Waals surface area contributed by atoms with Crippen LogP contribution in [0.5, 0.6) is 0 Å². The predicted molar refractivity (Wildman–Crippen MR) is 93.6 cm³/mol. The topological polar surface area (TPSA) is 113 Å². The van der Waals surface area contributed by atoms with E-state index in [4.69, 9.17) is 0 Å². The lowest BCUT2D eigenvalue weighted by atomic mass is 10.1. The maximum absolute atomic E-state index is 12.9. The van der Waals surface area contributed by atoms with Crippen molar-refractivity contribution < 1.29 is 27.5 Å². The number of sulfone groups is 1. The summed E-state index contributed by atoms with van der Waals surface area (Å²) in [6, 6.07) is 5.82. The van der Waals surface area contributed by atoms with E-state index >= 15 is 0 Å². The predicted octanol–water partition coefficient (Wildman–Crippen LogP) is 1.12. The molecule has 0 saturated carbocycles. The molecule has 0 aliphatic rings. The molecule has 10 heteroatoms. The number of aliphatic hydroxyl groups is 1. The summed E-state index contributed by atoms with van der Waals surface area (Å²) in [6.07, 6.45) is -1.66. The molecule has 1 aromatic heterocycles. The highest BCUT2D eigenvalue weighted by Crippen LogP contribution is 2.17. The summed E-state index contributed by atoms with van der Waals surface area (Å²) in [6.45, 7) is 1.38. The van der Waals surface area contributed by atoms with Crippen molar-refractivity contribution in [3.8, 4) is 0 Å². The molecule has 0 radical (unpaired) electrons. The van der Waals surface area contributed by atoms with E-state index in [1.54, 1.807) is 16.8 Å². The molecule has 3 N–H and O–H groups in total. The van der Waals surface area contributed by atoms with Gasteiger partial charge in [-0.25, -0.2) is 12.8 Å². The third-order valence-electron chi connectivity index (χ3n) is 3.55. The third kappa shape index (κ3) is 5.10. The molecule has 1 heterocycles. The second kappa shape index (κ2) is 8.39. The number of carbonyl (C=O) groups excluding carboxylic acids is 2. The molecule has 0 aliphatic carbocycles. The normalized spacial score (nSPS) is 13.7. The number of halogens is 1. The van der Waals surface area contributed by atoms with Gasteiger partial charge in [-0.1, -0.05) is 6.92 Å². The molecule has 0 fully saturated rings. The number of rotatable bonds is 6. The van der Waals surface area contributed by atoms with E-state index in [1.165, 1.54) is 18.3 Å². The van der Waals surface area contributed by atoms with Gasteiger partial charge in [0.25, 0.3) is 11.8 Å². The molecule has 7 nitrogen and oxygen atoms in total. The molecule has 2 rings (SSSR count). The third-order valence-corrected chi connectivity index (χ3v) is 6.18.